The molecule has 0 radical (unpaired) electrons. The molecule has 0 spiro atoms. The van der Waals surface area contributed by atoms with Gasteiger partial charge < -0.3 is 15.4 Å². The van der Waals surface area contributed by atoms with Crippen LogP contribution >= 0.6 is 11.6 Å². The molecule has 0 unspecified atom stereocenters. The van der Waals surface area contributed by atoms with E-state index < -0.39 is 0 Å². The van der Waals surface area contributed by atoms with E-state index in [4.69, 9.17) is 16.3 Å². The Kier molecular flexibility index (Phi) is 5.50. The number of amides is 1. The zero-order chi connectivity index (χ0) is 17.0. The fourth-order valence-electron chi connectivity index (χ4n) is 2.38. The molecule has 0 heterocycles. The highest BCUT2D eigenvalue weighted by molar-refractivity contribution is 6.31. The van der Waals surface area contributed by atoms with Gasteiger partial charge in [0.05, 0.1) is 19.3 Å². The van der Waals surface area contributed by atoms with E-state index in [0.29, 0.717) is 16.5 Å². The van der Waals surface area contributed by atoms with Crippen LogP contribution in [0.25, 0.3) is 0 Å². The third kappa shape index (κ3) is 4.63. The lowest BCUT2D eigenvalue weighted by Gasteiger charge is -2.13. The monoisotopic (exact) mass is 332 g/mol. The summed E-state index contributed by atoms with van der Waals surface area (Å²) in [5, 5.41) is 6.58. The molecule has 4 nitrogen and oxygen atoms in total. The number of methoxy groups -OCH3 is 1. The van der Waals surface area contributed by atoms with Crippen molar-refractivity contribution in [3.63, 3.8) is 0 Å². The molecule has 0 aromatic heterocycles. The third-order valence-corrected chi connectivity index (χ3v) is 3.84. The van der Waals surface area contributed by atoms with Crippen molar-refractivity contribution >= 4 is 28.9 Å². The minimum atomic E-state index is -0.149. The highest BCUT2D eigenvalue weighted by Crippen LogP contribution is 2.30. The highest BCUT2D eigenvalue weighted by Gasteiger charge is 2.10. The predicted octanol–water partition coefficient (Wildman–Crippen LogP) is 4.32. The standard InChI is InChI=1S/C18H21ClN2O2/c1-11-5-12(2)7-14(6-11)20-10-18(22)21-16-8-13(3)15(19)9-17(16)23-4/h5-9,20H,10H2,1-4H3,(H,21,22). The van der Waals surface area contributed by atoms with Gasteiger partial charge in [-0.05, 0) is 55.7 Å². The normalized spacial score (nSPS) is 10.3. The van der Waals surface area contributed by atoms with Gasteiger partial charge in [0.25, 0.3) is 0 Å². The van der Waals surface area contributed by atoms with Crippen LogP contribution in [0, 0.1) is 20.8 Å². The van der Waals surface area contributed by atoms with E-state index in [1.807, 2.05) is 32.9 Å². The van der Waals surface area contributed by atoms with E-state index in [-0.39, 0.29) is 12.5 Å². The lowest BCUT2D eigenvalue weighted by Crippen LogP contribution is -2.22. The van der Waals surface area contributed by atoms with Crippen molar-refractivity contribution in [3.05, 3.63) is 52.0 Å². The van der Waals surface area contributed by atoms with Crippen LogP contribution in [0.3, 0.4) is 0 Å². The summed E-state index contributed by atoms with van der Waals surface area (Å²) in [5.41, 5.74) is 4.73. The van der Waals surface area contributed by atoms with Crippen molar-refractivity contribution in [2.45, 2.75) is 20.8 Å². The number of hydrogen-bond donors (Lipinski definition) is 2. The average molecular weight is 333 g/mol. The molecule has 23 heavy (non-hydrogen) atoms. The number of carbonyl (C=O) groups excluding carboxylic acids is 1. The topological polar surface area (TPSA) is 50.4 Å². The van der Waals surface area contributed by atoms with Crippen molar-refractivity contribution in [2.24, 2.45) is 0 Å². The van der Waals surface area contributed by atoms with Crippen LogP contribution in [0.1, 0.15) is 16.7 Å². The Morgan fingerprint density at radius 3 is 2.35 bits per heavy atom. The fraction of sp³-hybridized carbons (Fsp3) is 0.278. The SMILES string of the molecule is COc1cc(Cl)c(C)cc1NC(=O)CNc1cc(C)cc(C)c1. The summed E-state index contributed by atoms with van der Waals surface area (Å²) in [7, 11) is 1.55. The molecule has 0 fully saturated rings. The summed E-state index contributed by atoms with van der Waals surface area (Å²) in [6, 6.07) is 9.60. The maximum Gasteiger partial charge on any atom is 0.243 e. The molecule has 0 saturated heterocycles. The van der Waals surface area contributed by atoms with Gasteiger partial charge in [0, 0.05) is 16.8 Å². The predicted molar refractivity (Wildman–Crippen MR) is 95.8 cm³/mol. The second-order valence-corrected chi connectivity index (χ2v) is 5.99. The summed E-state index contributed by atoms with van der Waals surface area (Å²) >= 11 is 6.07. The highest BCUT2D eigenvalue weighted by atomic mass is 35.5. The van der Waals surface area contributed by atoms with E-state index in [1.165, 1.54) is 0 Å². The molecule has 1 amide bonds. The number of halogens is 1. The number of rotatable bonds is 5. The molecular weight excluding hydrogens is 312 g/mol. The van der Waals surface area contributed by atoms with Crippen molar-refractivity contribution in [1.29, 1.82) is 0 Å². The Balaban J connectivity index is 2.04. The van der Waals surface area contributed by atoms with Gasteiger partial charge >= 0.3 is 0 Å². The first-order chi connectivity index (χ1) is 10.9. The second kappa shape index (κ2) is 7.38. The number of anilines is 2. The maximum atomic E-state index is 12.2. The summed E-state index contributed by atoms with van der Waals surface area (Å²) in [6.45, 7) is 6.11. The molecule has 2 aromatic rings. The van der Waals surface area contributed by atoms with Gasteiger partial charge in [0.2, 0.25) is 5.91 Å². The number of hydrogen-bond acceptors (Lipinski definition) is 3. The Labute approximate surface area is 141 Å². The lowest BCUT2D eigenvalue weighted by atomic mass is 10.1. The number of nitrogens with one attached hydrogen (secondary N) is 2. The Bertz CT molecular complexity index is 709. The number of aryl methyl sites for hydroxylation is 3. The largest absolute Gasteiger partial charge is 0.495 e. The average Bonchev–Trinajstić information content (AvgIpc) is 2.47. The van der Waals surface area contributed by atoms with Crippen LogP contribution in [-0.2, 0) is 4.79 Å². The minimum Gasteiger partial charge on any atom is -0.495 e. The van der Waals surface area contributed by atoms with Gasteiger partial charge in [-0.1, -0.05) is 17.7 Å². The summed E-state index contributed by atoms with van der Waals surface area (Å²) in [4.78, 5) is 12.2. The summed E-state index contributed by atoms with van der Waals surface area (Å²) in [5.74, 6) is 0.393. The van der Waals surface area contributed by atoms with Gasteiger partial charge in [0.15, 0.2) is 0 Å². The number of carbonyl (C=O) groups is 1. The van der Waals surface area contributed by atoms with Gasteiger partial charge in [-0.3, -0.25) is 4.79 Å². The maximum absolute atomic E-state index is 12.2. The van der Waals surface area contributed by atoms with Gasteiger partial charge in [-0.2, -0.15) is 0 Å². The van der Waals surface area contributed by atoms with Crippen molar-refractivity contribution in [1.82, 2.24) is 0 Å². The van der Waals surface area contributed by atoms with Crippen molar-refractivity contribution in [2.75, 3.05) is 24.3 Å². The molecule has 0 bridgehead atoms. The molecule has 0 saturated carbocycles. The van der Waals surface area contributed by atoms with E-state index in [2.05, 4.69) is 16.7 Å². The van der Waals surface area contributed by atoms with Crippen LogP contribution in [0.15, 0.2) is 30.3 Å². The lowest BCUT2D eigenvalue weighted by molar-refractivity contribution is -0.114. The van der Waals surface area contributed by atoms with Crippen LogP contribution in [0.5, 0.6) is 5.75 Å². The first-order valence-electron chi connectivity index (χ1n) is 7.35. The van der Waals surface area contributed by atoms with Crippen LogP contribution in [0.2, 0.25) is 5.02 Å². The van der Waals surface area contributed by atoms with Gasteiger partial charge in [0.1, 0.15) is 5.75 Å². The van der Waals surface area contributed by atoms with E-state index in [1.54, 1.807) is 19.2 Å². The zero-order valence-corrected chi connectivity index (χ0v) is 14.5. The molecule has 0 aliphatic rings. The van der Waals surface area contributed by atoms with Crippen LogP contribution in [-0.4, -0.2) is 19.6 Å². The fourth-order valence-corrected chi connectivity index (χ4v) is 2.54. The quantitative estimate of drug-likeness (QED) is 0.857. The molecule has 2 rings (SSSR count). The van der Waals surface area contributed by atoms with E-state index in [0.717, 1.165) is 22.4 Å². The molecule has 5 heteroatoms. The molecule has 0 aliphatic heterocycles. The Morgan fingerprint density at radius 1 is 1.09 bits per heavy atom. The zero-order valence-electron chi connectivity index (χ0n) is 13.8. The van der Waals surface area contributed by atoms with E-state index >= 15 is 0 Å². The first-order valence-corrected chi connectivity index (χ1v) is 7.73. The third-order valence-electron chi connectivity index (χ3n) is 3.43. The summed E-state index contributed by atoms with van der Waals surface area (Å²) < 4.78 is 5.26. The molecule has 0 aliphatic carbocycles. The molecule has 2 N–H and O–H groups in total. The Morgan fingerprint density at radius 2 is 1.74 bits per heavy atom. The van der Waals surface area contributed by atoms with Gasteiger partial charge in [-0.25, -0.2) is 0 Å². The number of ether oxygens (including phenoxy) is 1. The van der Waals surface area contributed by atoms with Crippen LogP contribution in [0.4, 0.5) is 11.4 Å². The van der Waals surface area contributed by atoms with Gasteiger partial charge in [-0.15, -0.1) is 0 Å². The minimum absolute atomic E-state index is 0.149. The first kappa shape index (κ1) is 17.2. The van der Waals surface area contributed by atoms with Crippen molar-refractivity contribution in [3.8, 4) is 5.75 Å². The van der Waals surface area contributed by atoms with Crippen molar-refractivity contribution < 1.29 is 9.53 Å². The molecule has 122 valence electrons. The molecular formula is C18H21ClN2O2. The molecule has 2 aromatic carbocycles. The van der Waals surface area contributed by atoms with E-state index in [9.17, 15) is 4.79 Å². The van der Waals surface area contributed by atoms with Crippen LogP contribution < -0.4 is 15.4 Å². The smallest absolute Gasteiger partial charge is 0.243 e. The summed E-state index contributed by atoms with van der Waals surface area (Å²) in [6.07, 6.45) is 0. The molecule has 0 atom stereocenters. The Hall–Kier alpha value is -2.20. The number of benzene rings is 2. The second-order valence-electron chi connectivity index (χ2n) is 5.58.